The molecule has 0 heterocycles. The Labute approximate surface area is 188 Å². The van der Waals surface area contributed by atoms with Crippen LogP contribution in [0.15, 0.2) is 36.4 Å². The summed E-state index contributed by atoms with van der Waals surface area (Å²) < 4.78 is 10.4. The summed E-state index contributed by atoms with van der Waals surface area (Å²) in [5, 5.41) is 2.85. The molecular weight excluding hydrogens is 410 g/mol. The van der Waals surface area contributed by atoms with Gasteiger partial charge in [0.05, 0.1) is 31.4 Å². The zero-order chi connectivity index (χ0) is 23.7. The number of unbranched alkanes of at least 4 members (excludes halogenated alkanes) is 1. The molecule has 8 nitrogen and oxygen atoms in total. The van der Waals surface area contributed by atoms with Gasteiger partial charge in [0.2, 0.25) is 0 Å². The van der Waals surface area contributed by atoms with Crippen molar-refractivity contribution >= 4 is 17.6 Å². The number of benzene rings is 2. The Morgan fingerprint density at radius 1 is 0.969 bits per heavy atom. The molecule has 2 rings (SSSR count). The molecule has 172 valence electrons. The predicted molar refractivity (Wildman–Crippen MR) is 122 cm³/mol. The highest BCUT2D eigenvalue weighted by Crippen LogP contribution is 2.22. The van der Waals surface area contributed by atoms with Crippen molar-refractivity contribution in [3.8, 4) is 11.5 Å². The van der Waals surface area contributed by atoms with Crippen molar-refractivity contribution in [2.45, 2.75) is 38.6 Å². The number of primary amides is 1. The lowest BCUT2D eigenvalue weighted by atomic mass is 9.97. The van der Waals surface area contributed by atoms with Crippen LogP contribution in [0.5, 0.6) is 11.5 Å². The van der Waals surface area contributed by atoms with Crippen LogP contribution in [0.25, 0.3) is 0 Å². The SMILES string of the molecule is COc1ccc(CC(=O)[C@H](CCCCN)NC(=O)c2cc(C)ccc2OC)cc1C(N)=O. The van der Waals surface area contributed by atoms with Crippen molar-refractivity contribution in [3.63, 3.8) is 0 Å². The van der Waals surface area contributed by atoms with E-state index in [2.05, 4.69) is 5.32 Å². The second-order valence-electron chi connectivity index (χ2n) is 7.56. The molecule has 0 aliphatic rings. The molecule has 0 spiro atoms. The number of hydrogen-bond acceptors (Lipinski definition) is 6. The first-order valence-electron chi connectivity index (χ1n) is 10.5. The van der Waals surface area contributed by atoms with Crippen molar-refractivity contribution < 1.29 is 23.9 Å². The number of nitrogens with one attached hydrogen (secondary N) is 1. The van der Waals surface area contributed by atoms with Crippen molar-refractivity contribution in [2.24, 2.45) is 11.5 Å². The summed E-state index contributed by atoms with van der Waals surface area (Å²) in [6.07, 6.45) is 1.91. The van der Waals surface area contributed by atoms with Crippen LogP contribution < -0.4 is 26.3 Å². The van der Waals surface area contributed by atoms with Gasteiger partial charge in [-0.2, -0.15) is 0 Å². The molecule has 0 aromatic heterocycles. The third-order valence-electron chi connectivity index (χ3n) is 5.15. The first-order valence-corrected chi connectivity index (χ1v) is 10.5. The quantitative estimate of drug-likeness (QED) is 0.432. The Morgan fingerprint density at radius 3 is 2.25 bits per heavy atom. The average molecular weight is 442 g/mol. The van der Waals surface area contributed by atoms with E-state index in [4.69, 9.17) is 20.9 Å². The fourth-order valence-electron chi connectivity index (χ4n) is 3.42. The van der Waals surface area contributed by atoms with Gasteiger partial charge in [0.25, 0.3) is 11.8 Å². The zero-order valence-corrected chi connectivity index (χ0v) is 18.8. The number of carbonyl (C=O) groups is 3. The number of amides is 2. The maximum absolute atomic E-state index is 13.1. The average Bonchev–Trinajstić information content (AvgIpc) is 2.78. The molecular formula is C24H31N3O5. The Kier molecular flexibility index (Phi) is 9.22. The largest absolute Gasteiger partial charge is 0.496 e. The Balaban J connectivity index is 2.24. The Hall–Kier alpha value is -3.39. The van der Waals surface area contributed by atoms with Crippen LogP contribution in [-0.2, 0) is 11.2 Å². The smallest absolute Gasteiger partial charge is 0.255 e. The number of ketones is 1. The van der Waals surface area contributed by atoms with E-state index in [1.807, 2.05) is 13.0 Å². The topological polar surface area (TPSA) is 134 Å². The maximum atomic E-state index is 13.1. The standard InChI is InChI=1S/C24H31N3O5/c1-15-7-9-22(32-3)18(12-15)24(30)27-19(6-4-5-11-25)20(28)14-16-8-10-21(31-2)17(13-16)23(26)29/h7-10,12-13,19H,4-6,11,14,25H2,1-3H3,(H2,26,29)(H,27,30)/t19-/m0/s1. The highest BCUT2D eigenvalue weighted by atomic mass is 16.5. The monoisotopic (exact) mass is 441 g/mol. The normalized spacial score (nSPS) is 11.5. The molecule has 32 heavy (non-hydrogen) atoms. The predicted octanol–water partition coefficient (Wildman–Crippen LogP) is 2.15. The van der Waals surface area contributed by atoms with Gasteiger partial charge in [-0.25, -0.2) is 0 Å². The van der Waals surface area contributed by atoms with Crippen LogP contribution in [0.4, 0.5) is 0 Å². The van der Waals surface area contributed by atoms with E-state index in [-0.39, 0.29) is 23.7 Å². The van der Waals surface area contributed by atoms with E-state index in [0.29, 0.717) is 42.0 Å². The van der Waals surface area contributed by atoms with E-state index in [1.165, 1.54) is 14.2 Å². The number of rotatable bonds is 12. The number of ether oxygens (including phenoxy) is 2. The minimum absolute atomic E-state index is 0.0306. The molecule has 1 atom stereocenters. The molecule has 2 aromatic rings. The van der Waals surface area contributed by atoms with Gasteiger partial charge in [0, 0.05) is 6.42 Å². The minimum atomic E-state index is -0.710. The minimum Gasteiger partial charge on any atom is -0.496 e. The van der Waals surface area contributed by atoms with Gasteiger partial charge in [-0.05, 0) is 62.6 Å². The first kappa shape index (κ1) is 24.9. The van der Waals surface area contributed by atoms with Gasteiger partial charge in [-0.15, -0.1) is 0 Å². The number of Topliss-reactive ketones (excluding diaryl/α,β-unsaturated/α-hetero) is 1. The molecule has 0 bridgehead atoms. The summed E-state index contributed by atoms with van der Waals surface area (Å²) in [6, 6.07) is 9.42. The second kappa shape index (κ2) is 11.9. The van der Waals surface area contributed by atoms with Crippen LogP contribution in [0.2, 0.25) is 0 Å². The fraction of sp³-hybridized carbons (Fsp3) is 0.375. The van der Waals surface area contributed by atoms with Gasteiger partial charge in [0.15, 0.2) is 5.78 Å². The molecule has 8 heteroatoms. The summed E-state index contributed by atoms with van der Waals surface area (Å²) in [5.41, 5.74) is 13.1. The molecule has 2 aromatic carbocycles. The van der Waals surface area contributed by atoms with Crippen molar-refractivity contribution in [1.82, 2.24) is 5.32 Å². The Bertz CT molecular complexity index is 974. The molecule has 0 aliphatic carbocycles. The molecule has 0 fully saturated rings. The van der Waals surface area contributed by atoms with Crippen molar-refractivity contribution in [1.29, 1.82) is 0 Å². The zero-order valence-electron chi connectivity index (χ0n) is 18.8. The van der Waals surface area contributed by atoms with Gasteiger partial charge in [0.1, 0.15) is 11.5 Å². The molecule has 2 amide bonds. The molecule has 0 unspecified atom stereocenters. The summed E-state index contributed by atoms with van der Waals surface area (Å²) in [6.45, 7) is 2.38. The van der Waals surface area contributed by atoms with E-state index < -0.39 is 11.9 Å². The highest BCUT2D eigenvalue weighted by molar-refractivity contribution is 6.00. The lowest BCUT2D eigenvalue weighted by Crippen LogP contribution is -2.41. The van der Waals surface area contributed by atoms with Crippen molar-refractivity contribution in [3.05, 3.63) is 58.7 Å². The summed E-state index contributed by atoms with van der Waals surface area (Å²) in [5.74, 6) is -0.433. The highest BCUT2D eigenvalue weighted by Gasteiger charge is 2.23. The third kappa shape index (κ3) is 6.55. The van der Waals surface area contributed by atoms with Gasteiger partial charge in [-0.1, -0.05) is 17.7 Å². The molecule has 0 aliphatic heterocycles. The number of nitrogens with two attached hydrogens (primary N) is 2. The summed E-state index contributed by atoms with van der Waals surface area (Å²) in [7, 11) is 2.93. The second-order valence-corrected chi connectivity index (χ2v) is 7.56. The van der Waals surface area contributed by atoms with E-state index >= 15 is 0 Å². The van der Waals surface area contributed by atoms with Gasteiger partial charge in [-0.3, -0.25) is 14.4 Å². The lowest BCUT2D eigenvalue weighted by molar-refractivity contribution is -0.120. The van der Waals surface area contributed by atoms with Gasteiger partial charge >= 0.3 is 0 Å². The van der Waals surface area contributed by atoms with E-state index in [0.717, 1.165) is 12.0 Å². The third-order valence-corrected chi connectivity index (χ3v) is 5.15. The molecule has 0 saturated carbocycles. The van der Waals surface area contributed by atoms with Crippen LogP contribution in [0, 0.1) is 6.92 Å². The maximum Gasteiger partial charge on any atom is 0.255 e. The number of aryl methyl sites for hydroxylation is 1. The van der Waals surface area contributed by atoms with Crippen molar-refractivity contribution in [2.75, 3.05) is 20.8 Å². The fourth-order valence-corrected chi connectivity index (χ4v) is 3.42. The van der Waals surface area contributed by atoms with E-state index in [1.54, 1.807) is 30.3 Å². The lowest BCUT2D eigenvalue weighted by Gasteiger charge is -2.19. The van der Waals surface area contributed by atoms with Crippen LogP contribution in [-0.4, -0.2) is 44.4 Å². The van der Waals surface area contributed by atoms with E-state index in [9.17, 15) is 14.4 Å². The molecule has 0 radical (unpaired) electrons. The molecule has 0 saturated heterocycles. The molecule has 5 N–H and O–H groups in total. The van der Waals surface area contributed by atoms with Crippen LogP contribution in [0.1, 0.15) is 51.1 Å². The summed E-state index contributed by atoms with van der Waals surface area (Å²) in [4.78, 5) is 37.8. The summed E-state index contributed by atoms with van der Waals surface area (Å²) >= 11 is 0. The van der Waals surface area contributed by atoms with Crippen LogP contribution >= 0.6 is 0 Å². The number of hydrogen-bond donors (Lipinski definition) is 3. The van der Waals surface area contributed by atoms with Gasteiger partial charge < -0.3 is 26.3 Å². The van der Waals surface area contributed by atoms with Crippen LogP contribution in [0.3, 0.4) is 0 Å². The number of methoxy groups -OCH3 is 2. The Morgan fingerprint density at radius 2 is 1.62 bits per heavy atom. The first-order chi connectivity index (χ1) is 15.3. The number of carbonyl (C=O) groups excluding carboxylic acids is 3.